The Morgan fingerprint density at radius 1 is 1.26 bits per heavy atom. The molecule has 0 aliphatic carbocycles. The van der Waals surface area contributed by atoms with Gasteiger partial charge in [-0.1, -0.05) is 32.9 Å². The molecule has 1 aliphatic rings. The summed E-state index contributed by atoms with van der Waals surface area (Å²) in [6.45, 7) is 9.50. The monoisotopic (exact) mass is 479 g/mol. The summed E-state index contributed by atoms with van der Waals surface area (Å²) in [4.78, 5) is 15.1. The number of carbonyl (C=O) groups excluding carboxylic acids is 1. The van der Waals surface area contributed by atoms with E-state index in [1.54, 1.807) is 16.8 Å². The van der Waals surface area contributed by atoms with Crippen molar-refractivity contribution in [3.63, 3.8) is 0 Å². The van der Waals surface area contributed by atoms with Crippen molar-refractivity contribution in [3.05, 3.63) is 71.2 Å². The molecule has 1 atom stereocenters. The lowest BCUT2D eigenvalue weighted by molar-refractivity contribution is -0.136. The van der Waals surface area contributed by atoms with E-state index < -0.39 is 0 Å². The standard InChI is InChI=1S/C28H34FN3O3/c1-5-26-25(18-31(27(33)19(2)3)17-24-10-7-15-34-24)28(35-23-9-6-8-20(4)16-23)32(30-26)22-13-11-21(29)12-14-22/h6,8-9,11-14,16,19,24H,5,7,10,15,17-18H2,1-4H3/t24-/m0/s1. The van der Waals surface area contributed by atoms with Crippen molar-refractivity contribution in [1.29, 1.82) is 0 Å². The molecule has 2 heterocycles. The topological polar surface area (TPSA) is 56.6 Å². The zero-order valence-corrected chi connectivity index (χ0v) is 21.0. The Labute approximate surface area is 206 Å². The van der Waals surface area contributed by atoms with Crippen LogP contribution in [0, 0.1) is 18.7 Å². The van der Waals surface area contributed by atoms with E-state index in [1.165, 1.54) is 12.1 Å². The number of hydrogen-bond donors (Lipinski definition) is 0. The van der Waals surface area contributed by atoms with E-state index in [2.05, 4.69) is 0 Å². The molecule has 7 heteroatoms. The van der Waals surface area contributed by atoms with Gasteiger partial charge >= 0.3 is 0 Å². The smallest absolute Gasteiger partial charge is 0.227 e. The summed E-state index contributed by atoms with van der Waals surface area (Å²) in [5.74, 6) is 0.822. The van der Waals surface area contributed by atoms with Crippen molar-refractivity contribution in [3.8, 4) is 17.3 Å². The van der Waals surface area contributed by atoms with Crippen LogP contribution in [0.25, 0.3) is 5.69 Å². The third-order valence-corrected chi connectivity index (χ3v) is 6.23. The minimum absolute atomic E-state index is 0.0380. The molecule has 1 fully saturated rings. The third kappa shape index (κ3) is 5.90. The predicted octanol–water partition coefficient (Wildman–Crippen LogP) is 5.84. The zero-order chi connectivity index (χ0) is 24.9. The first kappa shape index (κ1) is 24.9. The Hall–Kier alpha value is -3.19. The number of ether oxygens (including phenoxy) is 2. The van der Waals surface area contributed by atoms with Gasteiger partial charge in [-0.2, -0.15) is 5.10 Å². The SMILES string of the molecule is CCc1nn(-c2ccc(F)cc2)c(Oc2cccc(C)c2)c1CN(C[C@@H]1CCCO1)C(=O)C(C)C. The molecule has 3 aromatic rings. The number of rotatable bonds is 9. The van der Waals surface area contributed by atoms with Gasteiger partial charge in [0.1, 0.15) is 11.6 Å². The number of aromatic nitrogens is 2. The maximum atomic E-state index is 13.7. The number of amides is 1. The molecule has 4 rings (SSSR count). The van der Waals surface area contributed by atoms with E-state index in [9.17, 15) is 9.18 Å². The van der Waals surface area contributed by atoms with Crippen molar-refractivity contribution in [1.82, 2.24) is 14.7 Å². The molecule has 0 radical (unpaired) electrons. The van der Waals surface area contributed by atoms with Crippen LogP contribution in [0.4, 0.5) is 4.39 Å². The molecule has 1 amide bonds. The summed E-state index contributed by atoms with van der Waals surface area (Å²) in [6.07, 6.45) is 2.66. The average Bonchev–Trinajstić information content (AvgIpc) is 3.47. The molecule has 186 valence electrons. The van der Waals surface area contributed by atoms with Gasteiger partial charge in [0.15, 0.2) is 0 Å². The fraction of sp³-hybridized carbons (Fsp3) is 0.429. The maximum absolute atomic E-state index is 13.7. The fourth-order valence-electron chi connectivity index (χ4n) is 4.40. The largest absolute Gasteiger partial charge is 0.439 e. The highest BCUT2D eigenvalue weighted by molar-refractivity contribution is 5.78. The summed E-state index contributed by atoms with van der Waals surface area (Å²) in [7, 11) is 0. The Morgan fingerprint density at radius 3 is 2.66 bits per heavy atom. The molecule has 2 aromatic carbocycles. The maximum Gasteiger partial charge on any atom is 0.227 e. The minimum atomic E-state index is -0.316. The molecule has 1 saturated heterocycles. The number of aryl methyl sites for hydroxylation is 2. The van der Waals surface area contributed by atoms with Crippen molar-refractivity contribution < 1.29 is 18.7 Å². The summed E-state index contributed by atoms with van der Waals surface area (Å²) >= 11 is 0. The van der Waals surface area contributed by atoms with Gasteiger partial charge in [-0.05, 0) is 68.1 Å². The van der Waals surface area contributed by atoms with Crippen LogP contribution in [0.1, 0.15) is 50.4 Å². The minimum Gasteiger partial charge on any atom is -0.439 e. The molecule has 1 aromatic heterocycles. The number of hydrogen-bond acceptors (Lipinski definition) is 4. The lowest BCUT2D eigenvalue weighted by atomic mass is 10.1. The van der Waals surface area contributed by atoms with Crippen LogP contribution in [0.15, 0.2) is 48.5 Å². The fourth-order valence-corrected chi connectivity index (χ4v) is 4.40. The van der Waals surface area contributed by atoms with Gasteiger partial charge in [0.05, 0.1) is 29.6 Å². The highest BCUT2D eigenvalue weighted by Gasteiger charge is 2.28. The molecule has 35 heavy (non-hydrogen) atoms. The van der Waals surface area contributed by atoms with E-state index in [1.807, 2.05) is 56.9 Å². The first-order valence-corrected chi connectivity index (χ1v) is 12.4. The third-order valence-electron chi connectivity index (χ3n) is 6.23. The quantitative estimate of drug-likeness (QED) is 0.387. The van der Waals surface area contributed by atoms with Gasteiger partial charge in [0.25, 0.3) is 0 Å². The van der Waals surface area contributed by atoms with Gasteiger partial charge in [0, 0.05) is 19.1 Å². The number of halogens is 1. The molecular formula is C28H34FN3O3. The van der Waals surface area contributed by atoms with Crippen molar-refractivity contribution in [2.45, 2.75) is 59.6 Å². The van der Waals surface area contributed by atoms with Crippen LogP contribution in [0.5, 0.6) is 11.6 Å². The Kier molecular flexibility index (Phi) is 7.86. The van der Waals surface area contributed by atoms with Gasteiger partial charge in [0.2, 0.25) is 11.8 Å². The van der Waals surface area contributed by atoms with E-state index >= 15 is 0 Å². The van der Waals surface area contributed by atoms with Crippen LogP contribution >= 0.6 is 0 Å². The van der Waals surface area contributed by atoms with Crippen molar-refractivity contribution in [2.75, 3.05) is 13.2 Å². The second-order valence-electron chi connectivity index (χ2n) is 9.40. The first-order chi connectivity index (χ1) is 16.9. The normalized spacial score (nSPS) is 15.5. The first-order valence-electron chi connectivity index (χ1n) is 12.4. The van der Waals surface area contributed by atoms with Crippen LogP contribution in [0.3, 0.4) is 0 Å². The molecular weight excluding hydrogens is 445 g/mol. The Bertz CT molecular complexity index is 1150. The second-order valence-corrected chi connectivity index (χ2v) is 9.40. The number of benzene rings is 2. The highest BCUT2D eigenvalue weighted by atomic mass is 19.1. The van der Waals surface area contributed by atoms with Crippen molar-refractivity contribution in [2.24, 2.45) is 5.92 Å². The van der Waals surface area contributed by atoms with Crippen LogP contribution < -0.4 is 4.74 Å². The van der Waals surface area contributed by atoms with Crippen LogP contribution in [-0.2, 0) is 22.5 Å². The average molecular weight is 480 g/mol. The Balaban J connectivity index is 1.78. The van der Waals surface area contributed by atoms with Gasteiger partial charge < -0.3 is 14.4 Å². The summed E-state index contributed by atoms with van der Waals surface area (Å²) in [5.41, 5.74) is 3.45. The van der Waals surface area contributed by atoms with E-state index in [0.29, 0.717) is 36.8 Å². The molecule has 6 nitrogen and oxygen atoms in total. The Morgan fingerprint density at radius 2 is 2.03 bits per heavy atom. The van der Waals surface area contributed by atoms with E-state index in [4.69, 9.17) is 14.6 Å². The van der Waals surface area contributed by atoms with Gasteiger partial charge in [-0.25, -0.2) is 9.07 Å². The molecule has 1 aliphatic heterocycles. The number of carbonyl (C=O) groups is 1. The lowest BCUT2D eigenvalue weighted by Gasteiger charge is -2.27. The summed E-state index contributed by atoms with van der Waals surface area (Å²) in [5, 5.41) is 4.84. The summed E-state index contributed by atoms with van der Waals surface area (Å²) in [6, 6.07) is 14.0. The molecule has 0 N–H and O–H groups in total. The van der Waals surface area contributed by atoms with Gasteiger partial charge in [-0.15, -0.1) is 0 Å². The number of nitrogens with zero attached hydrogens (tertiary/aromatic N) is 3. The molecule has 0 saturated carbocycles. The lowest BCUT2D eigenvalue weighted by Crippen LogP contribution is -2.39. The van der Waals surface area contributed by atoms with E-state index in [-0.39, 0.29) is 23.7 Å². The van der Waals surface area contributed by atoms with Crippen molar-refractivity contribution >= 4 is 5.91 Å². The molecule has 0 bridgehead atoms. The zero-order valence-electron chi connectivity index (χ0n) is 21.0. The molecule has 0 unspecified atom stereocenters. The predicted molar refractivity (Wildman–Crippen MR) is 133 cm³/mol. The van der Waals surface area contributed by atoms with Crippen LogP contribution in [-0.4, -0.2) is 39.8 Å². The summed E-state index contributed by atoms with van der Waals surface area (Å²) < 4.78 is 27.7. The second kappa shape index (κ2) is 11.0. The van der Waals surface area contributed by atoms with Crippen LogP contribution in [0.2, 0.25) is 0 Å². The van der Waals surface area contributed by atoms with E-state index in [0.717, 1.165) is 36.3 Å². The highest BCUT2D eigenvalue weighted by Crippen LogP contribution is 2.33. The molecule has 0 spiro atoms. The van der Waals surface area contributed by atoms with Gasteiger partial charge in [-0.3, -0.25) is 4.79 Å².